The summed E-state index contributed by atoms with van der Waals surface area (Å²) in [6.45, 7) is 0. The summed E-state index contributed by atoms with van der Waals surface area (Å²) in [6.07, 6.45) is -4.95. The summed E-state index contributed by atoms with van der Waals surface area (Å²) in [4.78, 5) is 0. The lowest BCUT2D eigenvalue weighted by molar-refractivity contribution is -0.127. The van der Waals surface area contributed by atoms with Gasteiger partial charge in [-0.2, -0.15) is 23.7 Å². The van der Waals surface area contributed by atoms with Crippen LogP contribution in [0.25, 0.3) is 0 Å². The Balaban J connectivity index is 2.31. The molecule has 0 unspecified atom stereocenters. The predicted molar refractivity (Wildman–Crippen MR) is 81.4 cm³/mol. The van der Waals surface area contributed by atoms with E-state index in [0.717, 1.165) is 5.56 Å². The SMILES string of the molecule is COc1cc(C#N)c(Cc2ccc(CC(F)(F)F)cc2)c(C#N)c1. The van der Waals surface area contributed by atoms with Crippen LogP contribution in [0.5, 0.6) is 5.75 Å². The Bertz CT molecular complexity index is 777. The molecule has 0 bridgehead atoms. The van der Waals surface area contributed by atoms with Crippen LogP contribution in [-0.4, -0.2) is 13.3 Å². The summed E-state index contributed by atoms with van der Waals surface area (Å²) in [6, 6.07) is 13.1. The summed E-state index contributed by atoms with van der Waals surface area (Å²) in [5, 5.41) is 18.5. The number of nitrogens with zero attached hydrogens (tertiary/aromatic N) is 2. The molecule has 0 aromatic heterocycles. The van der Waals surface area contributed by atoms with Crippen molar-refractivity contribution in [3.05, 3.63) is 64.2 Å². The molecule has 122 valence electrons. The third-order valence-electron chi connectivity index (χ3n) is 3.51. The van der Waals surface area contributed by atoms with Gasteiger partial charge in [0.25, 0.3) is 0 Å². The lowest BCUT2D eigenvalue weighted by Gasteiger charge is -2.10. The molecule has 0 saturated carbocycles. The van der Waals surface area contributed by atoms with Crippen molar-refractivity contribution in [2.45, 2.75) is 19.0 Å². The molecule has 0 atom stereocenters. The normalized spacial score (nSPS) is 10.8. The van der Waals surface area contributed by atoms with Gasteiger partial charge in [0.2, 0.25) is 0 Å². The van der Waals surface area contributed by atoms with Crippen LogP contribution in [0.3, 0.4) is 0 Å². The van der Waals surface area contributed by atoms with E-state index in [-0.39, 0.29) is 12.0 Å². The third-order valence-corrected chi connectivity index (χ3v) is 3.51. The van der Waals surface area contributed by atoms with Crippen molar-refractivity contribution in [2.75, 3.05) is 7.11 Å². The maximum atomic E-state index is 12.4. The highest BCUT2D eigenvalue weighted by atomic mass is 19.4. The largest absolute Gasteiger partial charge is 0.497 e. The second-order valence-electron chi connectivity index (χ2n) is 5.21. The number of rotatable bonds is 4. The van der Waals surface area contributed by atoms with Crippen LogP contribution < -0.4 is 4.74 Å². The van der Waals surface area contributed by atoms with E-state index < -0.39 is 12.6 Å². The summed E-state index contributed by atoms with van der Waals surface area (Å²) in [7, 11) is 1.44. The van der Waals surface area contributed by atoms with Crippen LogP contribution in [0.1, 0.15) is 27.8 Å². The first kappa shape index (κ1) is 17.4. The second kappa shape index (κ2) is 7.06. The molecular weight excluding hydrogens is 317 g/mol. The molecule has 0 fully saturated rings. The molecule has 0 spiro atoms. The zero-order chi connectivity index (χ0) is 17.7. The van der Waals surface area contributed by atoms with E-state index in [9.17, 15) is 23.7 Å². The topological polar surface area (TPSA) is 56.8 Å². The average Bonchev–Trinajstić information content (AvgIpc) is 2.55. The summed E-state index contributed by atoms with van der Waals surface area (Å²) in [5.41, 5.74) is 2.04. The molecule has 24 heavy (non-hydrogen) atoms. The van der Waals surface area contributed by atoms with Crippen LogP contribution >= 0.6 is 0 Å². The molecule has 0 aliphatic rings. The molecule has 6 heteroatoms. The van der Waals surface area contributed by atoms with Gasteiger partial charge in [0.15, 0.2) is 0 Å². The van der Waals surface area contributed by atoms with Gasteiger partial charge in [-0.05, 0) is 28.8 Å². The van der Waals surface area contributed by atoms with E-state index in [2.05, 4.69) is 0 Å². The van der Waals surface area contributed by atoms with Gasteiger partial charge in [-0.1, -0.05) is 24.3 Å². The number of methoxy groups -OCH3 is 1. The summed E-state index contributed by atoms with van der Waals surface area (Å²) < 4.78 is 42.2. The van der Waals surface area contributed by atoms with Gasteiger partial charge in [-0.3, -0.25) is 0 Å². The fraction of sp³-hybridized carbons (Fsp3) is 0.222. The molecule has 2 aromatic rings. The molecule has 0 N–H and O–H groups in total. The predicted octanol–water partition coefficient (Wildman–Crippen LogP) is 4.13. The van der Waals surface area contributed by atoms with Gasteiger partial charge < -0.3 is 4.74 Å². The molecule has 0 aliphatic heterocycles. The number of benzene rings is 2. The van der Waals surface area contributed by atoms with E-state index in [1.54, 1.807) is 12.1 Å². The Labute approximate surface area is 137 Å². The van der Waals surface area contributed by atoms with Gasteiger partial charge in [0.05, 0.1) is 36.8 Å². The number of halogens is 3. The zero-order valence-electron chi connectivity index (χ0n) is 12.8. The van der Waals surface area contributed by atoms with Gasteiger partial charge >= 0.3 is 6.18 Å². The Morgan fingerprint density at radius 3 is 1.88 bits per heavy atom. The molecule has 2 rings (SSSR count). The average molecular weight is 330 g/mol. The lowest BCUT2D eigenvalue weighted by Crippen LogP contribution is -2.11. The molecule has 0 heterocycles. The van der Waals surface area contributed by atoms with Crippen LogP contribution in [0.4, 0.5) is 13.2 Å². The maximum Gasteiger partial charge on any atom is 0.393 e. The molecule has 2 aromatic carbocycles. The number of hydrogen-bond donors (Lipinski definition) is 0. The molecule has 0 radical (unpaired) electrons. The standard InChI is InChI=1S/C18H13F3N2O/c1-24-16-7-14(10-22)17(15(8-16)11-23)6-12-2-4-13(5-3-12)9-18(19,20)21/h2-5,7-8H,6,9H2,1H3. The van der Waals surface area contributed by atoms with E-state index in [4.69, 9.17) is 4.74 Å². The van der Waals surface area contributed by atoms with Gasteiger partial charge in [-0.15, -0.1) is 0 Å². The first-order valence-electron chi connectivity index (χ1n) is 7.02. The Morgan fingerprint density at radius 2 is 1.46 bits per heavy atom. The van der Waals surface area contributed by atoms with Crippen LogP contribution in [0.2, 0.25) is 0 Å². The van der Waals surface area contributed by atoms with Crippen molar-refractivity contribution in [3.8, 4) is 17.9 Å². The molecule has 0 amide bonds. The number of ether oxygens (including phenoxy) is 1. The van der Waals surface area contributed by atoms with E-state index >= 15 is 0 Å². The quantitative estimate of drug-likeness (QED) is 0.847. The van der Waals surface area contributed by atoms with Crippen molar-refractivity contribution in [1.82, 2.24) is 0 Å². The summed E-state index contributed by atoms with van der Waals surface area (Å²) in [5.74, 6) is 0.410. The number of alkyl halides is 3. The highest BCUT2D eigenvalue weighted by molar-refractivity contribution is 5.54. The number of hydrogen-bond acceptors (Lipinski definition) is 3. The Hall–Kier alpha value is -2.99. The molecular formula is C18H13F3N2O. The maximum absolute atomic E-state index is 12.4. The van der Waals surface area contributed by atoms with E-state index in [1.807, 2.05) is 12.1 Å². The molecule has 0 saturated heterocycles. The van der Waals surface area contributed by atoms with E-state index in [1.165, 1.54) is 31.4 Å². The smallest absolute Gasteiger partial charge is 0.393 e. The highest BCUT2D eigenvalue weighted by Crippen LogP contribution is 2.25. The number of nitriles is 2. The Kier molecular flexibility index (Phi) is 5.11. The van der Waals surface area contributed by atoms with Crippen molar-refractivity contribution < 1.29 is 17.9 Å². The van der Waals surface area contributed by atoms with Crippen LogP contribution in [-0.2, 0) is 12.8 Å². The minimum absolute atomic E-state index is 0.169. The second-order valence-corrected chi connectivity index (χ2v) is 5.21. The fourth-order valence-corrected chi connectivity index (χ4v) is 2.36. The van der Waals surface area contributed by atoms with Crippen molar-refractivity contribution in [2.24, 2.45) is 0 Å². The first-order valence-corrected chi connectivity index (χ1v) is 7.02. The molecule has 3 nitrogen and oxygen atoms in total. The van der Waals surface area contributed by atoms with Crippen molar-refractivity contribution in [3.63, 3.8) is 0 Å². The van der Waals surface area contributed by atoms with Gasteiger partial charge in [0.1, 0.15) is 5.75 Å². The summed E-state index contributed by atoms with van der Waals surface area (Å²) >= 11 is 0. The Morgan fingerprint density at radius 1 is 0.958 bits per heavy atom. The zero-order valence-corrected chi connectivity index (χ0v) is 12.8. The van der Waals surface area contributed by atoms with Gasteiger partial charge in [0, 0.05) is 6.42 Å². The minimum atomic E-state index is -4.25. The van der Waals surface area contributed by atoms with Crippen molar-refractivity contribution >= 4 is 0 Å². The first-order chi connectivity index (χ1) is 11.4. The lowest BCUT2D eigenvalue weighted by atomic mass is 9.94. The minimum Gasteiger partial charge on any atom is -0.497 e. The van der Waals surface area contributed by atoms with Crippen LogP contribution in [0.15, 0.2) is 36.4 Å². The monoisotopic (exact) mass is 330 g/mol. The molecule has 0 aliphatic carbocycles. The fourth-order valence-electron chi connectivity index (χ4n) is 2.36. The van der Waals surface area contributed by atoms with E-state index in [0.29, 0.717) is 22.4 Å². The van der Waals surface area contributed by atoms with Crippen LogP contribution in [0, 0.1) is 22.7 Å². The van der Waals surface area contributed by atoms with Gasteiger partial charge in [-0.25, -0.2) is 0 Å². The highest BCUT2D eigenvalue weighted by Gasteiger charge is 2.27. The third kappa shape index (κ3) is 4.27. The van der Waals surface area contributed by atoms with Crippen molar-refractivity contribution in [1.29, 1.82) is 10.5 Å².